The maximum absolute atomic E-state index is 9.26. The Kier molecular flexibility index (Phi) is 3.97. The van der Waals surface area contributed by atoms with Gasteiger partial charge in [-0.05, 0) is 30.7 Å². The lowest BCUT2D eigenvalue weighted by Gasteiger charge is -2.24. The molecule has 0 heterocycles. The van der Waals surface area contributed by atoms with Crippen molar-refractivity contribution in [1.82, 2.24) is 5.32 Å². The zero-order valence-electron chi connectivity index (χ0n) is 9.89. The summed E-state index contributed by atoms with van der Waals surface area (Å²) in [5, 5.41) is 12.8. The number of hydrogen-bond donors (Lipinski definition) is 2. The Hall–Kier alpha value is -0.860. The molecule has 1 fully saturated rings. The van der Waals surface area contributed by atoms with Crippen LogP contribution in [-0.4, -0.2) is 17.8 Å². The molecule has 1 saturated carbocycles. The van der Waals surface area contributed by atoms with Gasteiger partial charge < -0.3 is 10.4 Å². The van der Waals surface area contributed by atoms with E-state index < -0.39 is 0 Å². The molecule has 2 nitrogen and oxygen atoms in total. The van der Waals surface area contributed by atoms with Crippen molar-refractivity contribution in [3.8, 4) is 0 Å². The maximum atomic E-state index is 9.26. The van der Waals surface area contributed by atoms with Crippen molar-refractivity contribution in [3.05, 3.63) is 35.9 Å². The zero-order valence-corrected chi connectivity index (χ0v) is 9.89. The maximum Gasteiger partial charge on any atom is 0.0584 e. The molecule has 1 aromatic carbocycles. The first kappa shape index (κ1) is 11.6. The Morgan fingerprint density at radius 1 is 1.31 bits per heavy atom. The molecule has 2 atom stereocenters. The van der Waals surface area contributed by atoms with Crippen LogP contribution < -0.4 is 5.32 Å². The molecule has 2 N–H and O–H groups in total. The van der Waals surface area contributed by atoms with Crippen LogP contribution in [0.25, 0.3) is 0 Å². The predicted molar refractivity (Wildman–Crippen MR) is 66.2 cm³/mol. The summed E-state index contributed by atoms with van der Waals surface area (Å²) in [4.78, 5) is 0. The molecule has 0 aliphatic heterocycles. The number of nitrogens with one attached hydrogen (secondary N) is 1. The monoisotopic (exact) mass is 219 g/mol. The van der Waals surface area contributed by atoms with Crippen molar-refractivity contribution in [2.45, 2.75) is 38.3 Å². The number of aliphatic hydroxyl groups is 1. The van der Waals surface area contributed by atoms with Gasteiger partial charge in [0.2, 0.25) is 0 Å². The largest absolute Gasteiger partial charge is 0.395 e. The van der Waals surface area contributed by atoms with E-state index in [1.165, 1.54) is 18.4 Å². The lowest BCUT2D eigenvalue weighted by molar-refractivity contribution is 0.223. The van der Waals surface area contributed by atoms with Gasteiger partial charge in [-0.15, -0.1) is 0 Å². The third-order valence-electron chi connectivity index (χ3n) is 3.38. The summed E-state index contributed by atoms with van der Waals surface area (Å²) in [5.74, 6) is 0.767. The number of aliphatic hydroxyl groups excluding tert-OH is 1. The van der Waals surface area contributed by atoms with Crippen LogP contribution >= 0.6 is 0 Å². The van der Waals surface area contributed by atoms with Crippen LogP contribution in [0.1, 0.15) is 37.8 Å². The van der Waals surface area contributed by atoms with Gasteiger partial charge in [0.05, 0.1) is 6.61 Å². The zero-order chi connectivity index (χ0) is 11.4. The summed E-state index contributed by atoms with van der Waals surface area (Å²) in [6.45, 7) is 2.34. The van der Waals surface area contributed by atoms with Gasteiger partial charge in [-0.2, -0.15) is 0 Å². The van der Waals surface area contributed by atoms with Gasteiger partial charge in [0.15, 0.2) is 0 Å². The molecule has 0 saturated heterocycles. The Bertz CT molecular complexity index is 304. The summed E-state index contributed by atoms with van der Waals surface area (Å²) < 4.78 is 0. The Morgan fingerprint density at radius 2 is 2.00 bits per heavy atom. The van der Waals surface area contributed by atoms with Crippen LogP contribution in [0.3, 0.4) is 0 Å². The topological polar surface area (TPSA) is 32.3 Å². The molecule has 0 bridgehead atoms. The van der Waals surface area contributed by atoms with E-state index in [1.54, 1.807) is 0 Å². The summed E-state index contributed by atoms with van der Waals surface area (Å²) in [7, 11) is 0. The SMILES string of the molecule is CC[C@@H](CO)NC(c1ccccc1)C1CC1. The van der Waals surface area contributed by atoms with Gasteiger partial charge in [0.1, 0.15) is 0 Å². The van der Waals surface area contributed by atoms with E-state index in [-0.39, 0.29) is 12.6 Å². The van der Waals surface area contributed by atoms with E-state index in [0.717, 1.165) is 12.3 Å². The standard InChI is InChI=1S/C14H21NO/c1-2-13(10-16)15-14(12-8-9-12)11-6-4-3-5-7-11/h3-7,12-16H,2,8-10H2,1H3/t13-,14?/m0/s1. The fourth-order valence-electron chi connectivity index (χ4n) is 2.15. The molecule has 0 aromatic heterocycles. The van der Waals surface area contributed by atoms with Gasteiger partial charge in [-0.3, -0.25) is 0 Å². The highest BCUT2D eigenvalue weighted by molar-refractivity contribution is 5.21. The number of rotatable bonds is 6. The summed E-state index contributed by atoms with van der Waals surface area (Å²) >= 11 is 0. The molecule has 1 aromatic rings. The average Bonchev–Trinajstić information content (AvgIpc) is 3.16. The van der Waals surface area contributed by atoms with Crippen LogP contribution in [0, 0.1) is 5.92 Å². The molecule has 0 spiro atoms. The van der Waals surface area contributed by atoms with Crippen LogP contribution in [0.2, 0.25) is 0 Å². The van der Waals surface area contributed by atoms with Crippen LogP contribution in [-0.2, 0) is 0 Å². The minimum atomic E-state index is 0.228. The molecule has 88 valence electrons. The van der Waals surface area contributed by atoms with Crippen molar-refractivity contribution >= 4 is 0 Å². The third kappa shape index (κ3) is 2.83. The molecule has 1 aliphatic carbocycles. The van der Waals surface area contributed by atoms with Gasteiger partial charge >= 0.3 is 0 Å². The third-order valence-corrected chi connectivity index (χ3v) is 3.38. The molecule has 1 unspecified atom stereocenters. The number of hydrogen-bond acceptors (Lipinski definition) is 2. The fraction of sp³-hybridized carbons (Fsp3) is 0.571. The highest BCUT2D eigenvalue weighted by atomic mass is 16.3. The molecule has 1 aliphatic rings. The second-order valence-electron chi connectivity index (χ2n) is 4.68. The minimum absolute atomic E-state index is 0.228. The molecule has 0 radical (unpaired) electrons. The van der Waals surface area contributed by atoms with Crippen LogP contribution in [0.4, 0.5) is 0 Å². The summed E-state index contributed by atoms with van der Waals surface area (Å²) in [6, 6.07) is 11.2. The second-order valence-corrected chi connectivity index (χ2v) is 4.68. The van der Waals surface area contributed by atoms with E-state index in [1.807, 2.05) is 0 Å². The van der Waals surface area contributed by atoms with E-state index in [9.17, 15) is 5.11 Å². The van der Waals surface area contributed by atoms with Gasteiger partial charge in [0.25, 0.3) is 0 Å². The van der Waals surface area contributed by atoms with Crippen LogP contribution in [0.15, 0.2) is 30.3 Å². The lowest BCUT2D eigenvalue weighted by atomic mass is 10.0. The molecule has 2 rings (SSSR count). The highest BCUT2D eigenvalue weighted by Gasteiger charge is 2.32. The summed E-state index contributed by atoms with van der Waals surface area (Å²) in [6.07, 6.45) is 3.61. The van der Waals surface area contributed by atoms with Gasteiger partial charge in [0, 0.05) is 12.1 Å². The smallest absolute Gasteiger partial charge is 0.0584 e. The fourth-order valence-corrected chi connectivity index (χ4v) is 2.15. The molecule has 0 amide bonds. The first-order valence-electron chi connectivity index (χ1n) is 6.27. The Morgan fingerprint density at radius 3 is 2.50 bits per heavy atom. The Labute approximate surface area is 97.7 Å². The van der Waals surface area contributed by atoms with E-state index in [2.05, 4.69) is 42.6 Å². The first-order valence-corrected chi connectivity index (χ1v) is 6.27. The normalized spacial score (nSPS) is 19.4. The van der Waals surface area contributed by atoms with Crippen molar-refractivity contribution < 1.29 is 5.11 Å². The number of benzene rings is 1. The van der Waals surface area contributed by atoms with Crippen LogP contribution in [0.5, 0.6) is 0 Å². The van der Waals surface area contributed by atoms with E-state index in [4.69, 9.17) is 0 Å². The predicted octanol–water partition coefficient (Wildman–Crippen LogP) is 2.50. The van der Waals surface area contributed by atoms with Gasteiger partial charge in [-0.1, -0.05) is 37.3 Å². The molecular weight excluding hydrogens is 198 g/mol. The molecular formula is C14H21NO. The van der Waals surface area contributed by atoms with Gasteiger partial charge in [-0.25, -0.2) is 0 Å². The second kappa shape index (κ2) is 5.46. The van der Waals surface area contributed by atoms with E-state index in [0.29, 0.717) is 6.04 Å². The van der Waals surface area contributed by atoms with Crippen molar-refractivity contribution in [2.75, 3.05) is 6.61 Å². The minimum Gasteiger partial charge on any atom is -0.395 e. The first-order chi connectivity index (χ1) is 7.85. The van der Waals surface area contributed by atoms with Crippen molar-refractivity contribution in [2.24, 2.45) is 5.92 Å². The van der Waals surface area contributed by atoms with E-state index >= 15 is 0 Å². The average molecular weight is 219 g/mol. The highest BCUT2D eigenvalue weighted by Crippen LogP contribution is 2.41. The molecule has 2 heteroatoms. The summed E-state index contributed by atoms with van der Waals surface area (Å²) in [5.41, 5.74) is 1.36. The quantitative estimate of drug-likeness (QED) is 0.770. The Balaban J connectivity index is 2.05. The van der Waals surface area contributed by atoms with Crippen molar-refractivity contribution in [3.63, 3.8) is 0 Å². The molecule has 16 heavy (non-hydrogen) atoms. The lowest BCUT2D eigenvalue weighted by Crippen LogP contribution is -2.36. The van der Waals surface area contributed by atoms with Crippen molar-refractivity contribution in [1.29, 1.82) is 0 Å².